The fourth-order valence-electron chi connectivity index (χ4n) is 2.80. The molecule has 1 heterocycles. The highest BCUT2D eigenvalue weighted by Crippen LogP contribution is 2.27. The van der Waals surface area contributed by atoms with E-state index in [9.17, 15) is 4.79 Å². The molecule has 0 radical (unpaired) electrons. The van der Waals surface area contributed by atoms with Gasteiger partial charge < -0.3 is 15.4 Å². The van der Waals surface area contributed by atoms with Gasteiger partial charge in [0.15, 0.2) is 0 Å². The molecule has 1 aliphatic rings. The molecule has 1 amide bonds. The summed E-state index contributed by atoms with van der Waals surface area (Å²) in [6, 6.07) is 14.0. The fraction of sp³-hybridized carbons (Fsp3) is 0.263. The van der Waals surface area contributed by atoms with Crippen molar-refractivity contribution in [2.45, 2.75) is 12.1 Å². The topological polar surface area (TPSA) is 74.2 Å². The molecule has 7 heteroatoms. The molecule has 1 unspecified atom stereocenters. The molecule has 5 nitrogen and oxygen atoms in total. The molecule has 1 saturated heterocycles. The Kier molecular flexibility index (Phi) is 6.12. The summed E-state index contributed by atoms with van der Waals surface area (Å²) >= 11 is 12.0. The molecule has 134 valence electrons. The summed E-state index contributed by atoms with van der Waals surface area (Å²) in [5.41, 5.74) is 1.63. The molecule has 2 aromatic carbocycles. The van der Waals surface area contributed by atoms with Crippen LogP contribution >= 0.6 is 23.2 Å². The molecule has 1 fully saturated rings. The molecular weight excluding hydrogens is 373 g/mol. The van der Waals surface area contributed by atoms with Crippen LogP contribution in [-0.4, -0.2) is 31.6 Å². The lowest BCUT2D eigenvalue weighted by Crippen LogP contribution is -2.43. The molecule has 2 aromatic rings. The van der Waals surface area contributed by atoms with Gasteiger partial charge in [-0.15, -0.1) is 0 Å². The van der Waals surface area contributed by atoms with Gasteiger partial charge in [0.1, 0.15) is 0 Å². The smallest absolute Gasteiger partial charge is 0.252 e. The zero-order chi connectivity index (χ0) is 18.5. The first-order chi connectivity index (χ1) is 12.6. The number of carbonyl (C=O) groups excluding carboxylic acids is 1. The number of nitrogens with zero attached hydrogens (tertiary/aromatic N) is 1. The molecule has 3 rings (SSSR count). The second-order valence-electron chi connectivity index (χ2n) is 5.98. The first kappa shape index (κ1) is 18.7. The van der Waals surface area contributed by atoms with Crippen molar-refractivity contribution in [1.29, 1.82) is 5.26 Å². The number of hydrogen-bond donors (Lipinski definition) is 2. The number of carbonyl (C=O) groups is 1. The van der Waals surface area contributed by atoms with Crippen LogP contribution in [0.4, 0.5) is 0 Å². The number of hydrogen-bond acceptors (Lipinski definition) is 4. The first-order valence-electron chi connectivity index (χ1n) is 8.15. The van der Waals surface area contributed by atoms with E-state index in [0.717, 1.165) is 5.56 Å². The fourth-order valence-corrected chi connectivity index (χ4v) is 3.11. The summed E-state index contributed by atoms with van der Waals surface area (Å²) in [4.78, 5) is 12.5. The highest BCUT2D eigenvalue weighted by molar-refractivity contribution is 6.42. The van der Waals surface area contributed by atoms with Crippen molar-refractivity contribution in [3.05, 3.63) is 69.2 Å². The number of rotatable bonds is 3. The zero-order valence-electron chi connectivity index (χ0n) is 13.8. The maximum absolute atomic E-state index is 12.5. The molecule has 26 heavy (non-hydrogen) atoms. The Morgan fingerprint density at radius 1 is 1.19 bits per heavy atom. The zero-order valence-corrected chi connectivity index (χ0v) is 15.3. The number of nitrogens with one attached hydrogen (secondary N) is 2. The van der Waals surface area contributed by atoms with E-state index in [1.54, 1.807) is 36.4 Å². The second kappa shape index (κ2) is 8.52. The number of amides is 1. The lowest BCUT2D eigenvalue weighted by atomic mass is 10.1. The molecule has 0 aromatic heterocycles. The van der Waals surface area contributed by atoms with E-state index < -0.39 is 0 Å². The minimum atomic E-state index is -0.287. The first-order valence-corrected chi connectivity index (χ1v) is 8.91. The molecule has 0 bridgehead atoms. The van der Waals surface area contributed by atoms with Crippen molar-refractivity contribution < 1.29 is 9.53 Å². The van der Waals surface area contributed by atoms with Crippen LogP contribution in [0.1, 0.15) is 27.6 Å². The quantitative estimate of drug-likeness (QED) is 0.843. The van der Waals surface area contributed by atoms with Crippen LogP contribution in [-0.2, 0) is 4.74 Å². The Morgan fingerprint density at radius 3 is 2.77 bits per heavy atom. The summed E-state index contributed by atoms with van der Waals surface area (Å²) < 4.78 is 5.95. The maximum Gasteiger partial charge on any atom is 0.252 e. The van der Waals surface area contributed by atoms with Gasteiger partial charge in [-0.05, 0) is 29.8 Å². The lowest BCUT2D eigenvalue weighted by Gasteiger charge is -2.18. The SMILES string of the molecule is N#Cc1ccccc1C(=O)N[C@@H]1CNCC(c2ccc(Cl)c(Cl)c2)OC1. The molecule has 1 aliphatic heterocycles. The summed E-state index contributed by atoms with van der Waals surface area (Å²) in [5, 5.41) is 16.3. The Morgan fingerprint density at radius 2 is 2.00 bits per heavy atom. The predicted molar refractivity (Wildman–Crippen MR) is 100 cm³/mol. The third-order valence-electron chi connectivity index (χ3n) is 4.16. The van der Waals surface area contributed by atoms with Gasteiger partial charge in [0.2, 0.25) is 0 Å². The van der Waals surface area contributed by atoms with E-state index in [-0.39, 0.29) is 18.1 Å². The number of nitriles is 1. The van der Waals surface area contributed by atoms with Gasteiger partial charge in [0, 0.05) is 13.1 Å². The average molecular weight is 390 g/mol. The van der Waals surface area contributed by atoms with Gasteiger partial charge in [-0.25, -0.2) is 0 Å². The Labute approximate surface area is 161 Å². The van der Waals surface area contributed by atoms with Crippen molar-refractivity contribution in [2.24, 2.45) is 0 Å². The van der Waals surface area contributed by atoms with Crippen molar-refractivity contribution in [3.63, 3.8) is 0 Å². The number of halogens is 2. The van der Waals surface area contributed by atoms with Crippen molar-refractivity contribution in [1.82, 2.24) is 10.6 Å². The van der Waals surface area contributed by atoms with Gasteiger partial charge in [0.25, 0.3) is 5.91 Å². The third kappa shape index (κ3) is 4.35. The van der Waals surface area contributed by atoms with Crippen LogP contribution in [0.2, 0.25) is 10.0 Å². The van der Waals surface area contributed by atoms with Crippen molar-refractivity contribution in [2.75, 3.05) is 19.7 Å². The van der Waals surface area contributed by atoms with E-state index in [2.05, 4.69) is 10.6 Å². The normalized spacial score (nSPS) is 20.0. The maximum atomic E-state index is 12.5. The van der Waals surface area contributed by atoms with E-state index >= 15 is 0 Å². The van der Waals surface area contributed by atoms with Crippen LogP contribution in [0.3, 0.4) is 0 Å². The van der Waals surface area contributed by atoms with Crippen LogP contribution in [0.15, 0.2) is 42.5 Å². The van der Waals surface area contributed by atoms with Gasteiger partial charge in [0.05, 0.1) is 46.0 Å². The minimum Gasteiger partial charge on any atom is -0.370 e. The van der Waals surface area contributed by atoms with Gasteiger partial charge in [-0.1, -0.05) is 41.4 Å². The summed E-state index contributed by atoms with van der Waals surface area (Å²) in [6.45, 7) is 1.51. The minimum absolute atomic E-state index is 0.182. The monoisotopic (exact) mass is 389 g/mol. The van der Waals surface area contributed by atoms with Gasteiger partial charge in [-0.3, -0.25) is 4.79 Å². The molecule has 0 aliphatic carbocycles. The summed E-state index contributed by atoms with van der Waals surface area (Å²) in [7, 11) is 0. The summed E-state index contributed by atoms with van der Waals surface area (Å²) in [6.07, 6.45) is -0.182. The van der Waals surface area contributed by atoms with E-state index in [0.29, 0.717) is 40.9 Å². The molecule has 2 N–H and O–H groups in total. The standard InChI is InChI=1S/C19H17Cl2N3O2/c20-16-6-5-12(7-17(16)21)18-10-23-9-14(11-26-18)24-19(25)15-4-2-1-3-13(15)8-22/h1-7,14,18,23H,9-11H2,(H,24,25)/t14-,18?/m1/s1. The van der Waals surface area contributed by atoms with Crippen LogP contribution < -0.4 is 10.6 Å². The summed E-state index contributed by atoms with van der Waals surface area (Å²) in [5.74, 6) is -0.287. The number of benzene rings is 2. The Balaban J connectivity index is 1.64. The molecule has 0 saturated carbocycles. The predicted octanol–water partition coefficient (Wildman–Crippen LogP) is 3.32. The average Bonchev–Trinajstić information content (AvgIpc) is 2.89. The van der Waals surface area contributed by atoms with Gasteiger partial charge >= 0.3 is 0 Å². The van der Waals surface area contributed by atoms with Crippen LogP contribution in [0.5, 0.6) is 0 Å². The molecule has 2 atom stereocenters. The highest BCUT2D eigenvalue weighted by atomic mass is 35.5. The second-order valence-corrected chi connectivity index (χ2v) is 6.80. The third-order valence-corrected chi connectivity index (χ3v) is 4.90. The number of ether oxygens (including phenoxy) is 1. The Bertz CT molecular complexity index is 851. The van der Waals surface area contributed by atoms with Crippen molar-refractivity contribution >= 4 is 29.1 Å². The van der Waals surface area contributed by atoms with E-state index in [1.807, 2.05) is 12.1 Å². The van der Waals surface area contributed by atoms with E-state index in [4.69, 9.17) is 33.2 Å². The van der Waals surface area contributed by atoms with Crippen molar-refractivity contribution in [3.8, 4) is 6.07 Å². The van der Waals surface area contributed by atoms with E-state index in [1.165, 1.54) is 0 Å². The lowest BCUT2D eigenvalue weighted by molar-refractivity contribution is 0.0534. The largest absolute Gasteiger partial charge is 0.370 e. The Hall–Kier alpha value is -2.10. The van der Waals surface area contributed by atoms with Crippen LogP contribution in [0, 0.1) is 11.3 Å². The molecule has 0 spiro atoms. The van der Waals surface area contributed by atoms with Gasteiger partial charge in [-0.2, -0.15) is 5.26 Å². The van der Waals surface area contributed by atoms with Crippen LogP contribution in [0.25, 0.3) is 0 Å². The molecular formula is C19H17Cl2N3O2. The highest BCUT2D eigenvalue weighted by Gasteiger charge is 2.23.